The Kier molecular flexibility index (Phi) is 4.93. The Morgan fingerprint density at radius 1 is 1.00 bits per heavy atom. The van der Waals surface area contributed by atoms with Gasteiger partial charge in [-0.05, 0) is 35.9 Å². The van der Waals surface area contributed by atoms with Crippen LogP contribution in [0.1, 0.15) is 5.56 Å². The summed E-state index contributed by atoms with van der Waals surface area (Å²) in [5.41, 5.74) is 9.77. The third-order valence-corrected chi connectivity index (χ3v) is 4.32. The molecular weight excluding hydrogens is 352 g/mol. The van der Waals surface area contributed by atoms with Crippen LogP contribution in [-0.4, -0.2) is 17.4 Å². The molecule has 0 saturated carbocycles. The fourth-order valence-electron chi connectivity index (χ4n) is 3.06. The number of anilines is 3. The summed E-state index contributed by atoms with van der Waals surface area (Å²) in [4.78, 5) is 18.0. The van der Waals surface area contributed by atoms with Crippen molar-refractivity contribution in [2.75, 3.05) is 16.8 Å². The Morgan fingerprint density at radius 2 is 1.79 bits per heavy atom. The number of hydrogen-bond acceptors (Lipinski definition) is 5. The largest absolute Gasteiger partial charge is 0.423 e. The number of nitrogens with one attached hydrogen (secondary N) is 1. The number of amides is 1. The number of aromatic nitrogens is 1. The highest BCUT2D eigenvalue weighted by Crippen LogP contribution is 2.25. The molecule has 0 aliphatic carbocycles. The molecule has 0 fully saturated rings. The van der Waals surface area contributed by atoms with Gasteiger partial charge in [0, 0.05) is 17.9 Å². The van der Waals surface area contributed by atoms with Crippen LogP contribution < -0.4 is 16.0 Å². The van der Waals surface area contributed by atoms with Crippen molar-refractivity contribution in [1.29, 1.82) is 0 Å². The van der Waals surface area contributed by atoms with Gasteiger partial charge in [-0.15, -0.1) is 0 Å². The van der Waals surface area contributed by atoms with Crippen LogP contribution in [0.3, 0.4) is 0 Å². The first kappa shape index (κ1) is 17.6. The summed E-state index contributed by atoms with van der Waals surface area (Å²) in [5, 5.41) is 3.19. The van der Waals surface area contributed by atoms with E-state index in [9.17, 15) is 4.79 Å². The minimum Gasteiger partial charge on any atom is -0.423 e. The molecule has 6 heteroatoms. The van der Waals surface area contributed by atoms with E-state index in [-0.39, 0.29) is 12.5 Å². The summed E-state index contributed by atoms with van der Waals surface area (Å²) < 4.78 is 5.72. The maximum absolute atomic E-state index is 11.6. The molecule has 1 amide bonds. The second-order valence-electron chi connectivity index (χ2n) is 6.47. The molecule has 140 valence electrons. The zero-order chi connectivity index (χ0) is 19.3. The SMILES string of the molecule is NC(=O)CN(Cc1ccccc1)c1cccc(Nc2nc3ccccc3o2)c1. The lowest BCUT2D eigenvalue weighted by Crippen LogP contribution is -2.33. The van der Waals surface area contributed by atoms with E-state index in [0.717, 1.165) is 28.0 Å². The highest BCUT2D eigenvalue weighted by atomic mass is 16.4. The van der Waals surface area contributed by atoms with E-state index in [1.54, 1.807) is 0 Å². The Labute approximate surface area is 162 Å². The third-order valence-electron chi connectivity index (χ3n) is 4.32. The standard InChI is InChI=1S/C22H20N4O2/c23-21(27)15-26(14-16-7-2-1-3-8-16)18-10-6-9-17(13-18)24-22-25-19-11-4-5-12-20(19)28-22/h1-13H,14-15H2,(H2,23,27)(H,24,25). The van der Waals surface area contributed by atoms with E-state index < -0.39 is 0 Å². The molecule has 6 nitrogen and oxygen atoms in total. The third kappa shape index (κ3) is 4.12. The summed E-state index contributed by atoms with van der Waals surface area (Å²) in [6.45, 7) is 0.706. The zero-order valence-electron chi connectivity index (χ0n) is 15.2. The van der Waals surface area contributed by atoms with Crippen LogP contribution in [0.2, 0.25) is 0 Å². The lowest BCUT2D eigenvalue weighted by Gasteiger charge is -2.24. The number of primary amides is 1. The van der Waals surface area contributed by atoms with Crippen molar-refractivity contribution in [3.05, 3.63) is 84.4 Å². The molecule has 4 aromatic rings. The lowest BCUT2D eigenvalue weighted by atomic mass is 10.2. The zero-order valence-corrected chi connectivity index (χ0v) is 15.2. The molecule has 0 spiro atoms. The Hall–Kier alpha value is -3.80. The van der Waals surface area contributed by atoms with Gasteiger partial charge in [-0.2, -0.15) is 4.98 Å². The lowest BCUT2D eigenvalue weighted by molar-refractivity contribution is -0.116. The van der Waals surface area contributed by atoms with E-state index in [4.69, 9.17) is 10.2 Å². The molecule has 4 rings (SSSR count). The van der Waals surface area contributed by atoms with Crippen molar-refractivity contribution in [2.24, 2.45) is 5.73 Å². The van der Waals surface area contributed by atoms with Crippen molar-refractivity contribution in [1.82, 2.24) is 4.98 Å². The normalized spacial score (nSPS) is 10.7. The first-order valence-electron chi connectivity index (χ1n) is 8.97. The number of fused-ring (bicyclic) bond motifs is 1. The highest BCUT2D eigenvalue weighted by Gasteiger charge is 2.12. The molecule has 0 aliphatic rings. The molecule has 0 unspecified atom stereocenters. The fraction of sp³-hybridized carbons (Fsp3) is 0.0909. The molecule has 1 aromatic heterocycles. The predicted octanol–water partition coefficient (Wildman–Crippen LogP) is 4.06. The summed E-state index contributed by atoms with van der Waals surface area (Å²) in [7, 11) is 0. The number of oxazole rings is 1. The first-order chi connectivity index (χ1) is 13.7. The minimum atomic E-state index is -0.381. The number of carbonyl (C=O) groups excluding carboxylic acids is 1. The Balaban J connectivity index is 1.58. The van der Waals surface area contributed by atoms with Crippen molar-refractivity contribution in [3.63, 3.8) is 0 Å². The van der Waals surface area contributed by atoms with Gasteiger partial charge in [0.25, 0.3) is 6.01 Å². The smallest absolute Gasteiger partial charge is 0.300 e. The summed E-state index contributed by atoms with van der Waals surface area (Å²) in [6, 6.07) is 25.7. The molecule has 3 aromatic carbocycles. The van der Waals surface area contributed by atoms with E-state index in [0.29, 0.717) is 12.6 Å². The van der Waals surface area contributed by atoms with Gasteiger partial charge >= 0.3 is 0 Å². The maximum Gasteiger partial charge on any atom is 0.300 e. The van der Waals surface area contributed by atoms with Gasteiger partial charge in [0.15, 0.2) is 5.58 Å². The van der Waals surface area contributed by atoms with Crippen molar-refractivity contribution < 1.29 is 9.21 Å². The molecule has 0 saturated heterocycles. The monoisotopic (exact) mass is 372 g/mol. The highest BCUT2D eigenvalue weighted by molar-refractivity contribution is 5.80. The van der Waals surface area contributed by atoms with Crippen LogP contribution in [0.5, 0.6) is 0 Å². The Bertz CT molecular complexity index is 1060. The number of carbonyl (C=O) groups is 1. The number of nitrogens with zero attached hydrogens (tertiary/aromatic N) is 2. The van der Waals surface area contributed by atoms with Crippen LogP contribution in [0.15, 0.2) is 83.3 Å². The molecule has 0 bridgehead atoms. The number of hydrogen-bond donors (Lipinski definition) is 2. The van der Waals surface area contributed by atoms with Crippen LogP contribution in [0, 0.1) is 0 Å². The number of benzene rings is 3. The van der Waals surface area contributed by atoms with E-state index in [1.807, 2.05) is 83.8 Å². The van der Waals surface area contributed by atoms with Crippen molar-refractivity contribution in [2.45, 2.75) is 6.54 Å². The van der Waals surface area contributed by atoms with Crippen molar-refractivity contribution >= 4 is 34.4 Å². The van der Waals surface area contributed by atoms with E-state index in [2.05, 4.69) is 10.3 Å². The molecule has 0 atom stereocenters. The summed E-state index contributed by atoms with van der Waals surface area (Å²) in [6.07, 6.45) is 0. The second kappa shape index (κ2) is 7.84. The van der Waals surface area contributed by atoms with Crippen LogP contribution >= 0.6 is 0 Å². The predicted molar refractivity (Wildman–Crippen MR) is 110 cm³/mol. The van der Waals surface area contributed by atoms with Gasteiger partial charge in [0.1, 0.15) is 5.52 Å². The molecule has 0 aliphatic heterocycles. The van der Waals surface area contributed by atoms with Gasteiger partial charge in [-0.25, -0.2) is 0 Å². The molecule has 28 heavy (non-hydrogen) atoms. The molecule has 0 radical (unpaired) electrons. The van der Waals surface area contributed by atoms with Crippen LogP contribution in [0.25, 0.3) is 11.1 Å². The van der Waals surface area contributed by atoms with Gasteiger partial charge in [0.05, 0.1) is 6.54 Å². The molecule has 3 N–H and O–H groups in total. The van der Waals surface area contributed by atoms with Gasteiger partial charge in [-0.1, -0.05) is 48.5 Å². The van der Waals surface area contributed by atoms with Gasteiger partial charge < -0.3 is 20.4 Å². The second-order valence-corrected chi connectivity index (χ2v) is 6.47. The van der Waals surface area contributed by atoms with Crippen LogP contribution in [0.4, 0.5) is 17.4 Å². The van der Waals surface area contributed by atoms with E-state index in [1.165, 1.54) is 0 Å². The van der Waals surface area contributed by atoms with Gasteiger partial charge in [-0.3, -0.25) is 4.79 Å². The quantitative estimate of drug-likeness (QED) is 0.511. The number of nitrogens with two attached hydrogens (primary N) is 1. The first-order valence-corrected chi connectivity index (χ1v) is 8.97. The summed E-state index contributed by atoms with van der Waals surface area (Å²) >= 11 is 0. The topological polar surface area (TPSA) is 84.4 Å². The Morgan fingerprint density at radius 3 is 2.57 bits per heavy atom. The van der Waals surface area contributed by atoms with Gasteiger partial charge in [0.2, 0.25) is 5.91 Å². The van der Waals surface area contributed by atoms with E-state index >= 15 is 0 Å². The van der Waals surface area contributed by atoms with Crippen LogP contribution in [-0.2, 0) is 11.3 Å². The van der Waals surface area contributed by atoms with Crippen molar-refractivity contribution in [3.8, 4) is 0 Å². The fourth-order valence-corrected chi connectivity index (χ4v) is 3.06. The average molecular weight is 372 g/mol. The summed E-state index contributed by atoms with van der Waals surface area (Å²) in [5.74, 6) is -0.381. The number of rotatable bonds is 7. The number of para-hydroxylation sites is 2. The minimum absolute atomic E-state index is 0.126. The maximum atomic E-state index is 11.6. The molecular formula is C22H20N4O2. The average Bonchev–Trinajstić information content (AvgIpc) is 3.10. The molecule has 1 heterocycles.